The SMILES string of the molecule is CCC(C)Nc1ccc(NC(=O)c2ccccc2)nn1. The van der Waals surface area contributed by atoms with Crippen LogP contribution in [0.2, 0.25) is 0 Å². The summed E-state index contributed by atoms with van der Waals surface area (Å²) in [6, 6.07) is 12.9. The van der Waals surface area contributed by atoms with Crippen molar-refractivity contribution in [2.24, 2.45) is 0 Å². The summed E-state index contributed by atoms with van der Waals surface area (Å²) in [5.41, 5.74) is 0.594. The summed E-state index contributed by atoms with van der Waals surface area (Å²) in [5, 5.41) is 14.0. The Balaban J connectivity index is 1.99. The lowest BCUT2D eigenvalue weighted by Crippen LogP contribution is -2.16. The molecule has 0 saturated carbocycles. The van der Waals surface area contributed by atoms with E-state index in [4.69, 9.17) is 0 Å². The van der Waals surface area contributed by atoms with E-state index in [-0.39, 0.29) is 5.91 Å². The second-order valence-corrected chi connectivity index (χ2v) is 4.58. The van der Waals surface area contributed by atoms with Gasteiger partial charge in [0.1, 0.15) is 5.82 Å². The Kier molecular flexibility index (Phi) is 4.65. The van der Waals surface area contributed by atoms with Gasteiger partial charge in [0.25, 0.3) is 5.91 Å². The molecule has 104 valence electrons. The fourth-order valence-electron chi connectivity index (χ4n) is 1.61. The maximum Gasteiger partial charge on any atom is 0.256 e. The number of carbonyl (C=O) groups is 1. The van der Waals surface area contributed by atoms with E-state index in [1.807, 2.05) is 18.2 Å². The third kappa shape index (κ3) is 3.78. The molecule has 0 bridgehead atoms. The van der Waals surface area contributed by atoms with E-state index in [1.54, 1.807) is 24.3 Å². The molecule has 0 radical (unpaired) electrons. The van der Waals surface area contributed by atoms with Crippen LogP contribution in [0.15, 0.2) is 42.5 Å². The topological polar surface area (TPSA) is 66.9 Å². The van der Waals surface area contributed by atoms with Crippen LogP contribution in [0.1, 0.15) is 30.6 Å². The molecule has 5 nitrogen and oxygen atoms in total. The number of anilines is 2. The van der Waals surface area contributed by atoms with Gasteiger partial charge in [-0.1, -0.05) is 25.1 Å². The second kappa shape index (κ2) is 6.65. The molecule has 0 saturated heterocycles. The number of carbonyl (C=O) groups excluding carboxylic acids is 1. The number of rotatable bonds is 5. The highest BCUT2D eigenvalue weighted by Gasteiger charge is 2.07. The lowest BCUT2D eigenvalue weighted by Gasteiger charge is -2.11. The second-order valence-electron chi connectivity index (χ2n) is 4.58. The van der Waals surface area contributed by atoms with Crippen molar-refractivity contribution in [3.63, 3.8) is 0 Å². The van der Waals surface area contributed by atoms with E-state index < -0.39 is 0 Å². The van der Waals surface area contributed by atoms with Gasteiger partial charge in [-0.25, -0.2) is 0 Å². The maximum atomic E-state index is 11.9. The number of nitrogens with zero attached hydrogens (tertiary/aromatic N) is 2. The van der Waals surface area contributed by atoms with Gasteiger partial charge in [-0.2, -0.15) is 0 Å². The van der Waals surface area contributed by atoms with Crippen molar-refractivity contribution in [1.82, 2.24) is 10.2 Å². The largest absolute Gasteiger partial charge is 0.366 e. The molecule has 2 aromatic rings. The number of amides is 1. The minimum Gasteiger partial charge on any atom is -0.366 e. The number of hydrogen-bond donors (Lipinski definition) is 2. The Labute approximate surface area is 118 Å². The first-order valence-electron chi connectivity index (χ1n) is 6.65. The third-order valence-electron chi connectivity index (χ3n) is 2.95. The van der Waals surface area contributed by atoms with Gasteiger partial charge < -0.3 is 10.6 Å². The van der Waals surface area contributed by atoms with E-state index in [2.05, 4.69) is 34.7 Å². The third-order valence-corrected chi connectivity index (χ3v) is 2.95. The minimum absolute atomic E-state index is 0.192. The fraction of sp³-hybridized carbons (Fsp3) is 0.267. The molecular formula is C15H18N4O. The van der Waals surface area contributed by atoms with Crippen LogP contribution in [-0.4, -0.2) is 22.1 Å². The highest BCUT2D eigenvalue weighted by Crippen LogP contribution is 2.09. The van der Waals surface area contributed by atoms with Crippen molar-refractivity contribution in [3.8, 4) is 0 Å². The molecule has 0 aliphatic heterocycles. The van der Waals surface area contributed by atoms with Gasteiger partial charge in [0.05, 0.1) is 0 Å². The van der Waals surface area contributed by atoms with Crippen LogP contribution in [0.25, 0.3) is 0 Å². The maximum absolute atomic E-state index is 11.9. The van der Waals surface area contributed by atoms with Crippen molar-refractivity contribution in [1.29, 1.82) is 0 Å². The standard InChI is InChI=1S/C15H18N4O/c1-3-11(2)16-13-9-10-14(19-18-13)17-15(20)12-7-5-4-6-8-12/h4-11H,3H2,1-2H3,(H,16,18)(H,17,19,20). The van der Waals surface area contributed by atoms with Gasteiger partial charge in [0, 0.05) is 11.6 Å². The molecule has 0 aliphatic carbocycles. The molecule has 2 rings (SSSR count). The van der Waals surface area contributed by atoms with Crippen LogP contribution < -0.4 is 10.6 Å². The molecule has 1 unspecified atom stereocenters. The number of hydrogen-bond acceptors (Lipinski definition) is 4. The molecule has 1 aromatic carbocycles. The number of benzene rings is 1. The van der Waals surface area contributed by atoms with Gasteiger partial charge in [-0.15, -0.1) is 10.2 Å². The molecule has 1 atom stereocenters. The predicted octanol–water partition coefficient (Wildman–Crippen LogP) is 2.94. The molecule has 5 heteroatoms. The fourth-order valence-corrected chi connectivity index (χ4v) is 1.61. The summed E-state index contributed by atoms with van der Waals surface area (Å²) in [6.45, 7) is 4.17. The average Bonchev–Trinajstić information content (AvgIpc) is 2.50. The Morgan fingerprint density at radius 1 is 1.10 bits per heavy atom. The normalized spacial score (nSPS) is 11.7. The Morgan fingerprint density at radius 3 is 2.35 bits per heavy atom. The summed E-state index contributed by atoms with van der Waals surface area (Å²) in [6.07, 6.45) is 1.01. The van der Waals surface area contributed by atoms with E-state index in [1.165, 1.54) is 0 Å². The zero-order chi connectivity index (χ0) is 14.4. The highest BCUT2D eigenvalue weighted by molar-refractivity contribution is 6.03. The molecule has 1 heterocycles. The van der Waals surface area contributed by atoms with Crippen LogP contribution in [0, 0.1) is 0 Å². The van der Waals surface area contributed by atoms with Gasteiger partial charge in [-0.3, -0.25) is 4.79 Å². The quantitative estimate of drug-likeness (QED) is 0.876. The van der Waals surface area contributed by atoms with E-state index in [0.717, 1.165) is 6.42 Å². The zero-order valence-electron chi connectivity index (χ0n) is 11.6. The van der Waals surface area contributed by atoms with Gasteiger partial charge in [0.2, 0.25) is 0 Å². The Hall–Kier alpha value is -2.43. The molecule has 0 spiro atoms. The van der Waals surface area contributed by atoms with Crippen LogP contribution in [0.5, 0.6) is 0 Å². The van der Waals surface area contributed by atoms with Crippen LogP contribution in [-0.2, 0) is 0 Å². The first-order chi connectivity index (χ1) is 9.69. The van der Waals surface area contributed by atoms with Crippen LogP contribution in [0.4, 0.5) is 11.6 Å². The zero-order valence-corrected chi connectivity index (χ0v) is 11.6. The van der Waals surface area contributed by atoms with E-state index in [0.29, 0.717) is 23.2 Å². The predicted molar refractivity (Wildman–Crippen MR) is 79.8 cm³/mol. The summed E-state index contributed by atoms with van der Waals surface area (Å²) in [7, 11) is 0. The molecule has 0 aliphatic rings. The number of aromatic nitrogens is 2. The van der Waals surface area contributed by atoms with Crippen molar-refractivity contribution in [2.75, 3.05) is 10.6 Å². The van der Waals surface area contributed by atoms with E-state index in [9.17, 15) is 4.79 Å². The molecule has 0 fully saturated rings. The van der Waals surface area contributed by atoms with Crippen LogP contribution >= 0.6 is 0 Å². The van der Waals surface area contributed by atoms with E-state index >= 15 is 0 Å². The van der Waals surface area contributed by atoms with Gasteiger partial charge in [-0.05, 0) is 37.6 Å². The molecule has 1 aromatic heterocycles. The summed E-state index contributed by atoms with van der Waals surface area (Å²) in [4.78, 5) is 11.9. The molecule has 1 amide bonds. The molecule has 20 heavy (non-hydrogen) atoms. The average molecular weight is 270 g/mol. The Bertz CT molecular complexity index is 554. The summed E-state index contributed by atoms with van der Waals surface area (Å²) < 4.78 is 0. The monoisotopic (exact) mass is 270 g/mol. The molecular weight excluding hydrogens is 252 g/mol. The van der Waals surface area contributed by atoms with Crippen LogP contribution in [0.3, 0.4) is 0 Å². The first kappa shape index (κ1) is 14.0. The van der Waals surface area contributed by atoms with Crippen molar-refractivity contribution >= 4 is 17.5 Å². The molecule has 2 N–H and O–H groups in total. The lowest BCUT2D eigenvalue weighted by atomic mass is 10.2. The van der Waals surface area contributed by atoms with Gasteiger partial charge in [0.15, 0.2) is 5.82 Å². The number of nitrogens with one attached hydrogen (secondary N) is 2. The highest BCUT2D eigenvalue weighted by atomic mass is 16.1. The van der Waals surface area contributed by atoms with Crippen molar-refractivity contribution in [2.45, 2.75) is 26.3 Å². The summed E-state index contributed by atoms with van der Waals surface area (Å²) >= 11 is 0. The minimum atomic E-state index is -0.192. The van der Waals surface area contributed by atoms with Crippen molar-refractivity contribution < 1.29 is 4.79 Å². The Morgan fingerprint density at radius 2 is 1.75 bits per heavy atom. The van der Waals surface area contributed by atoms with Gasteiger partial charge >= 0.3 is 0 Å². The first-order valence-corrected chi connectivity index (χ1v) is 6.65. The van der Waals surface area contributed by atoms with Crippen molar-refractivity contribution in [3.05, 3.63) is 48.0 Å². The summed E-state index contributed by atoms with van der Waals surface area (Å²) in [5.74, 6) is 0.952. The smallest absolute Gasteiger partial charge is 0.256 e. The lowest BCUT2D eigenvalue weighted by molar-refractivity contribution is 0.102.